The van der Waals surface area contributed by atoms with Gasteiger partial charge in [-0.05, 0) is 75.2 Å². The van der Waals surface area contributed by atoms with E-state index in [4.69, 9.17) is 4.98 Å². The van der Waals surface area contributed by atoms with Crippen LogP contribution in [0.25, 0.3) is 10.2 Å². The highest BCUT2D eigenvalue weighted by atomic mass is 32.2. The maximum atomic E-state index is 13.8. The Balaban J connectivity index is 1.63. The third kappa shape index (κ3) is 5.90. The fourth-order valence-electron chi connectivity index (χ4n) is 5.01. The Morgan fingerprint density at radius 2 is 1.78 bits per heavy atom. The Morgan fingerprint density at radius 1 is 1.05 bits per heavy atom. The summed E-state index contributed by atoms with van der Waals surface area (Å²) in [6, 6.07) is 12.5. The van der Waals surface area contributed by atoms with E-state index < -0.39 is 10.0 Å². The maximum Gasteiger partial charge on any atom is 0.260 e. The Kier molecular flexibility index (Phi) is 9.00. The van der Waals surface area contributed by atoms with Crippen molar-refractivity contribution in [1.82, 2.24) is 14.2 Å². The largest absolute Gasteiger partial charge is 0.302 e. The zero-order chi connectivity index (χ0) is 26.6. The van der Waals surface area contributed by atoms with E-state index in [1.807, 2.05) is 32.0 Å². The topological polar surface area (TPSA) is 73.8 Å². The Labute approximate surface area is 225 Å². The molecule has 1 saturated heterocycles. The SMILES string of the molecule is CCC1CCCCN1S(=O)(=O)c1ccc(C(=O)N(CCN(CC)CC)c2nc3c(C)cccc3s2)cc1. The van der Waals surface area contributed by atoms with E-state index in [1.54, 1.807) is 33.5 Å². The number of carbonyl (C=O) groups excluding carboxylic acids is 1. The van der Waals surface area contributed by atoms with Gasteiger partial charge in [0.05, 0.1) is 15.1 Å². The zero-order valence-electron chi connectivity index (χ0n) is 22.3. The molecule has 7 nitrogen and oxygen atoms in total. The maximum absolute atomic E-state index is 13.8. The number of piperidine rings is 1. The summed E-state index contributed by atoms with van der Waals surface area (Å²) in [6.07, 6.45) is 3.65. The lowest BCUT2D eigenvalue weighted by Crippen LogP contribution is -2.43. The number of para-hydroxylation sites is 1. The van der Waals surface area contributed by atoms with Gasteiger partial charge < -0.3 is 4.90 Å². The predicted molar refractivity (Wildman–Crippen MR) is 152 cm³/mol. The van der Waals surface area contributed by atoms with Crippen LogP contribution in [0, 0.1) is 6.92 Å². The highest BCUT2D eigenvalue weighted by molar-refractivity contribution is 7.89. The van der Waals surface area contributed by atoms with Crippen molar-refractivity contribution in [1.29, 1.82) is 0 Å². The lowest BCUT2D eigenvalue weighted by molar-refractivity contribution is 0.0983. The molecule has 0 radical (unpaired) electrons. The van der Waals surface area contributed by atoms with Gasteiger partial charge in [-0.2, -0.15) is 4.31 Å². The molecule has 3 aromatic rings. The predicted octanol–water partition coefficient (Wildman–Crippen LogP) is 5.55. The molecule has 0 N–H and O–H groups in total. The number of carbonyl (C=O) groups is 1. The first kappa shape index (κ1) is 27.7. The van der Waals surface area contributed by atoms with E-state index in [-0.39, 0.29) is 16.8 Å². The van der Waals surface area contributed by atoms with Gasteiger partial charge in [-0.1, -0.05) is 50.7 Å². The van der Waals surface area contributed by atoms with E-state index in [9.17, 15) is 13.2 Å². The average molecular weight is 543 g/mol. The number of anilines is 1. The average Bonchev–Trinajstić information content (AvgIpc) is 3.36. The molecule has 1 aliphatic rings. The molecule has 4 rings (SSSR count). The second kappa shape index (κ2) is 12.0. The van der Waals surface area contributed by atoms with Crippen molar-refractivity contribution < 1.29 is 13.2 Å². The fraction of sp³-hybridized carbons (Fsp3) is 0.500. The Bertz CT molecular complexity index is 1320. The number of sulfonamides is 1. The number of likely N-dealkylation sites (N-methyl/N-ethyl adjacent to an activating group) is 1. The number of rotatable bonds is 10. The van der Waals surface area contributed by atoms with Gasteiger partial charge in [0.2, 0.25) is 10.0 Å². The van der Waals surface area contributed by atoms with Crippen molar-refractivity contribution in [3.05, 3.63) is 53.6 Å². The van der Waals surface area contributed by atoms with Gasteiger partial charge in [-0.3, -0.25) is 9.69 Å². The molecule has 0 aliphatic carbocycles. The van der Waals surface area contributed by atoms with Crippen LogP contribution in [0.3, 0.4) is 0 Å². The van der Waals surface area contributed by atoms with Crippen LogP contribution in [0.4, 0.5) is 5.13 Å². The van der Waals surface area contributed by atoms with Crippen molar-refractivity contribution in [2.75, 3.05) is 37.6 Å². The smallest absolute Gasteiger partial charge is 0.260 e. The van der Waals surface area contributed by atoms with Crippen LogP contribution in [0.1, 0.15) is 62.4 Å². The Hall–Kier alpha value is -2.33. The van der Waals surface area contributed by atoms with Gasteiger partial charge in [-0.25, -0.2) is 13.4 Å². The summed E-state index contributed by atoms with van der Waals surface area (Å²) in [5, 5.41) is 0.664. The zero-order valence-corrected chi connectivity index (χ0v) is 23.9. The van der Waals surface area contributed by atoms with Crippen LogP contribution in [-0.2, 0) is 10.0 Å². The van der Waals surface area contributed by atoms with Crippen LogP contribution >= 0.6 is 11.3 Å². The van der Waals surface area contributed by atoms with Gasteiger partial charge in [0.25, 0.3) is 5.91 Å². The summed E-state index contributed by atoms with van der Waals surface area (Å²) in [6.45, 7) is 11.9. The van der Waals surface area contributed by atoms with Crippen molar-refractivity contribution in [2.24, 2.45) is 0 Å². The quantitative estimate of drug-likeness (QED) is 0.336. The second-order valence-corrected chi connectivity index (χ2v) is 12.5. The van der Waals surface area contributed by atoms with Crippen molar-refractivity contribution >= 4 is 42.6 Å². The molecular weight excluding hydrogens is 504 g/mol. The fourth-order valence-corrected chi connectivity index (χ4v) is 7.85. The van der Waals surface area contributed by atoms with Crippen LogP contribution in [0.15, 0.2) is 47.4 Å². The molecule has 0 saturated carbocycles. The normalized spacial score (nSPS) is 16.9. The van der Waals surface area contributed by atoms with Gasteiger partial charge >= 0.3 is 0 Å². The minimum Gasteiger partial charge on any atom is -0.302 e. The molecular formula is C28H38N4O3S2. The molecule has 1 aliphatic heterocycles. The van der Waals surface area contributed by atoms with Crippen molar-refractivity contribution in [3.8, 4) is 0 Å². The van der Waals surface area contributed by atoms with E-state index in [0.29, 0.717) is 23.8 Å². The minimum atomic E-state index is -3.60. The number of hydrogen-bond acceptors (Lipinski definition) is 6. The number of nitrogens with zero attached hydrogens (tertiary/aromatic N) is 4. The van der Waals surface area contributed by atoms with E-state index in [0.717, 1.165) is 61.1 Å². The van der Waals surface area contributed by atoms with Crippen LogP contribution in [-0.4, -0.2) is 67.3 Å². The van der Waals surface area contributed by atoms with Crippen molar-refractivity contribution in [3.63, 3.8) is 0 Å². The summed E-state index contributed by atoms with van der Waals surface area (Å²) < 4.78 is 29.5. The summed E-state index contributed by atoms with van der Waals surface area (Å²) >= 11 is 1.51. The molecule has 2 aromatic carbocycles. The standard InChI is InChI=1S/C28H38N4O3S2/c1-5-23-12-8-9-18-32(23)37(34,35)24-16-14-22(15-17-24)27(33)31(20-19-30(6-2)7-3)28-29-26-21(4)11-10-13-25(26)36-28/h10-11,13-17,23H,5-9,12,18-20H2,1-4H3. The highest BCUT2D eigenvalue weighted by Gasteiger charge is 2.32. The molecule has 1 amide bonds. The van der Waals surface area contributed by atoms with Gasteiger partial charge in [0.1, 0.15) is 0 Å². The summed E-state index contributed by atoms with van der Waals surface area (Å²) in [7, 11) is -3.60. The third-order valence-electron chi connectivity index (χ3n) is 7.37. The first-order chi connectivity index (χ1) is 17.8. The minimum absolute atomic E-state index is 0.0399. The van der Waals surface area contributed by atoms with E-state index in [1.165, 1.54) is 11.3 Å². The molecule has 1 fully saturated rings. The number of aromatic nitrogens is 1. The molecule has 200 valence electrons. The van der Waals surface area contributed by atoms with Gasteiger partial charge in [-0.15, -0.1) is 0 Å². The molecule has 1 unspecified atom stereocenters. The number of aryl methyl sites for hydroxylation is 1. The molecule has 9 heteroatoms. The number of fused-ring (bicyclic) bond motifs is 1. The first-order valence-corrected chi connectivity index (χ1v) is 15.6. The lowest BCUT2D eigenvalue weighted by Gasteiger charge is -2.34. The number of thiazole rings is 1. The number of benzene rings is 2. The number of hydrogen-bond donors (Lipinski definition) is 0. The van der Waals surface area contributed by atoms with Crippen LogP contribution < -0.4 is 4.90 Å². The van der Waals surface area contributed by atoms with Crippen molar-refractivity contribution in [2.45, 2.75) is 64.3 Å². The number of amides is 1. The van der Waals surface area contributed by atoms with Crippen LogP contribution in [0.2, 0.25) is 0 Å². The second-order valence-electron chi connectivity index (χ2n) is 9.60. The monoisotopic (exact) mass is 542 g/mol. The van der Waals surface area contributed by atoms with Crippen LogP contribution in [0.5, 0.6) is 0 Å². The van der Waals surface area contributed by atoms with E-state index in [2.05, 4.69) is 18.7 Å². The van der Waals surface area contributed by atoms with Gasteiger partial charge in [0.15, 0.2) is 5.13 Å². The van der Waals surface area contributed by atoms with Gasteiger partial charge in [0, 0.05) is 31.2 Å². The summed E-state index contributed by atoms with van der Waals surface area (Å²) in [4.78, 5) is 22.9. The summed E-state index contributed by atoms with van der Waals surface area (Å²) in [5.74, 6) is -0.169. The molecule has 37 heavy (non-hydrogen) atoms. The molecule has 0 bridgehead atoms. The van der Waals surface area contributed by atoms with E-state index >= 15 is 0 Å². The molecule has 0 spiro atoms. The highest BCUT2D eigenvalue weighted by Crippen LogP contribution is 2.32. The molecule has 1 aromatic heterocycles. The molecule has 1 atom stereocenters. The summed E-state index contributed by atoms with van der Waals surface area (Å²) in [5.41, 5.74) is 2.45. The third-order valence-corrected chi connectivity index (χ3v) is 10.4. The molecule has 2 heterocycles. The lowest BCUT2D eigenvalue weighted by atomic mass is 10.0. The first-order valence-electron chi connectivity index (χ1n) is 13.3. The Morgan fingerprint density at radius 3 is 2.43 bits per heavy atom.